The van der Waals surface area contributed by atoms with Gasteiger partial charge in [0.15, 0.2) is 0 Å². The molecule has 7 nitrogen and oxygen atoms in total. The molecule has 0 aromatic heterocycles. The number of hydrogen-bond acceptors (Lipinski definition) is 7. The van der Waals surface area contributed by atoms with Crippen LogP contribution in [-0.4, -0.2) is 45.6 Å². The first-order chi connectivity index (χ1) is 15.1. The standard InChI is InChI=1S/C25H33NO6/c1-15(27)31-16-5-10-23(14-26)17-6-9-22(2)19(20-3-4-21(28)32-20)8-12-25(22,30)18(17)7-11-24(23,29)13-16/h3-4,16-20,29-30H,5-13H2,1-2H3/t16-,17-,18+,19-,20-,22+,23-,24-,25+/m0/s1. The van der Waals surface area contributed by atoms with E-state index in [2.05, 4.69) is 13.0 Å². The van der Waals surface area contributed by atoms with Gasteiger partial charge in [-0.05, 0) is 69.3 Å². The predicted molar refractivity (Wildman–Crippen MR) is 113 cm³/mol. The van der Waals surface area contributed by atoms with Gasteiger partial charge in [0.25, 0.3) is 0 Å². The third kappa shape index (κ3) is 2.72. The Morgan fingerprint density at radius 3 is 2.50 bits per heavy atom. The van der Waals surface area contributed by atoms with Crippen LogP contribution < -0.4 is 0 Å². The van der Waals surface area contributed by atoms with Gasteiger partial charge in [0.05, 0.1) is 22.7 Å². The molecule has 174 valence electrons. The normalized spacial score (nSPS) is 51.7. The summed E-state index contributed by atoms with van der Waals surface area (Å²) in [4.78, 5) is 23.2. The molecular formula is C25H33NO6. The molecule has 0 radical (unpaired) electrons. The Hall–Kier alpha value is -1.91. The molecule has 5 rings (SSSR count). The van der Waals surface area contributed by atoms with Gasteiger partial charge in [0.2, 0.25) is 0 Å². The summed E-state index contributed by atoms with van der Waals surface area (Å²) in [5.41, 5.74) is -3.52. The number of nitriles is 1. The zero-order valence-corrected chi connectivity index (χ0v) is 18.9. The molecule has 4 fully saturated rings. The molecule has 0 aromatic rings. The highest BCUT2D eigenvalue weighted by atomic mass is 16.5. The number of carbonyl (C=O) groups excluding carboxylic acids is 2. The Labute approximate surface area is 188 Å². The number of carbonyl (C=O) groups is 2. The minimum atomic E-state index is -1.22. The fourth-order valence-electron chi connectivity index (χ4n) is 8.57. The van der Waals surface area contributed by atoms with Gasteiger partial charge in [0, 0.05) is 30.8 Å². The molecule has 0 amide bonds. The number of aliphatic hydroxyl groups is 2. The molecule has 32 heavy (non-hydrogen) atoms. The van der Waals surface area contributed by atoms with E-state index in [4.69, 9.17) is 9.47 Å². The summed E-state index contributed by atoms with van der Waals surface area (Å²) < 4.78 is 10.9. The third-order valence-electron chi connectivity index (χ3n) is 10.1. The van der Waals surface area contributed by atoms with Gasteiger partial charge in [-0.1, -0.05) is 6.92 Å². The van der Waals surface area contributed by atoms with E-state index in [-0.39, 0.29) is 48.3 Å². The number of ether oxygens (including phenoxy) is 2. The van der Waals surface area contributed by atoms with Crippen molar-refractivity contribution >= 4 is 11.9 Å². The molecule has 0 spiro atoms. The topological polar surface area (TPSA) is 117 Å². The van der Waals surface area contributed by atoms with E-state index in [1.54, 1.807) is 0 Å². The monoisotopic (exact) mass is 443 g/mol. The van der Waals surface area contributed by atoms with Crippen LogP contribution in [0.15, 0.2) is 12.2 Å². The summed E-state index contributed by atoms with van der Waals surface area (Å²) in [6, 6.07) is 2.53. The Morgan fingerprint density at radius 2 is 1.84 bits per heavy atom. The highest BCUT2D eigenvalue weighted by Gasteiger charge is 2.72. The van der Waals surface area contributed by atoms with Crippen LogP contribution in [0.1, 0.15) is 71.6 Å². The van der Waals surface area contributed by atoms with Crippen LogP contribution >= 0.6 is 0 Å². The largest absolute Gasteiger partial charge is 0.462 e. The van der Waals surface area contributed by atoms with Gasteiger partial charge >= 0.3 is 11.9 Å². The minimum Gasteiger partial charge on any atom is -0.462 e. The van der Waals surface area contributed by atoms with Crippen molar-refractivity contribution in [2.75, 3.05) is 0 Å². The lowest BCUT2D eigenvalue weighted by molar-refractivity contribution is -0.247. The van der Waals surface area contributed by atoms with Crippen molar-refractivity contribution in [3.8, 4) is 6.07 Å². The van der Waals surface area contributed by atoms with Crippen molar-refractivity contribution in [2.24, 2.45) is 28.6 Å². The molecule has 5 aliphatic rings. The van der Waals surface area contributed by atoms with Crippen LogP contribution in [0.2, 0.25) is 0 Å². The average molecular weight is 444 g/mol. The van der Waals surface area contributed by atoms with Gasteiger partial charge in [-0.15, -0.1) is 0 Å². The molecule has 4 aliphatic carbocycles. The highest BCUT2D eigenvalue weighted by molar-refractivity contribution is 5.84. The average Bonchev–Trinajstić information content (AvgIpc) is 3.27. The molecule has 2 N–H and O–H groups in total. The second-order valence-corrected chi connectivity index (χ2v) is 11.1. The van der Waals surface area contributed by atoms with Gasteiger partial charge < -0.3 is 19.7 Å². The quantitative estimate of drug-likeness (QED) is 0.630. The molecule has 1 heterocycles. The summed E-state index contributed by atoms with van der Waals surface area (Å²) in [5, 5.41) is 34.4. The van der Waals surface area contributed by atoms with Gasteiger partial charge in [-0.25, -0.2) is 4.79 Å². The maximum Gasteiger partial charge on any atom is 0.331 e. The first-order valence-corrected chi connectivity index (χ1v) is 12.0. The lowest BCUT2D eigenvalue weighted by Gasteiger charge is -2.64. The molecule has 7 heteroatoms. The maximum atomic E-state index is 12.2. The van der Waals surface area contributed by atoms with Crippen molar-refractivity contribution in [1.29, 1.82) is 5.26 Å². The zero-order chi connectivity index (χ0) is 22.9. The number of nitrogens with zero attached hydrogens (tertiary/aromatic N) is 1. The molecule has 0 bridgehead atoms. The van der Waals surface area contributed by atoms with E-state index in [0.717, 1.165) is 19.3 Å². The molecule has 1 aliphatic heterocycles. The van der Waals surface area contributed by atoms with Gasteiger partial charge in [-0.3, -0.25) is 4.79 Å². The van der Waals surface area contributed by atoms with E-state index in [0.29, 0.717) is 32.1 Å². The van der Waals surface area contributed by atoms with Crippen molar-refractivity contribution in [2.45, 2.75) is 95.0 Å². The van der Waals surface area contributed by atoms with Crippen molar-refractivity contribution in [3.05, 3.63) is 12.2 Å². The van der Waals surface area contributed by atoms with Crippen LogP contribution in [0, 0.1) is 39.9 Å². The van der Waals surface area contributed by atoms with Crippen molar-refractivity contribution < 1.29 is 29.3 Å². The predicted octanol–water partition coefficient (Wildman–Crippen LogP) is 2.79. The summed E-state index contributed by atoms with van der Waals surface area (Å²) >= 11 is 0. The van der Waals surface area contributed by atoms with Crippen LogP contribution in [0.4, 0.5) is 0 Å². The van der Waals surface area contributed by atoms with Gasteiger partial charge in [0.1, 0.15) is 12.2 Å². The van der Waals surface area contributed by atoms with Crippen LogP contribution in [-0.2, 0) is 19.1 Å². The van der Waals surface area contributed by atoms with Crippen molar-refractivity contribution in [3.63, 3.8) is 0 Å². The third-order valence-corrected chi connectivity index (χ3v) is 10.1. The highest BCUT2D eigenvalue weighted by Crippen LogP contribution is 2.70. The van der Waals surface area contributed by atoms with E-state index < -0.39 is 22.0 Å². The van der Waals surface area contributed by atoms with Crippen LogP contribution in [0.25, 0.3) is 0 Å². The smallest absolute Gasteiger partial charge is 0.331 e. The summed E-state index contributed by atoms with van der Waals surface area (Å²) in [7, 11) is 0. The second-order valence-electron chi connectivity index (χ2n) is 11.1. The number of rotatable bonds is 2. The first-order valence-electron chi connectivity index (χ1n) is 12.0. The Morgan fingerprint density at radius 1 is 1.12 bits per heavy atom. The second kappa shape index (κ2) is 7.04. The fourth-order valence-corrected chi connectivity index (χ4v) is 8.57. The molecule has 0 saturated heterocycles. The fraction of sp³-hybridized carbons (Fsp3) is 0.800. The minimum absolute atomic E-state index is 0.0506. The number of esters is 2. The van der Waals surface area contributed by atoms with Crippen LogP contribution in [0.3, 0.4) is 0 Å². The van der Waals surface area contributed by atoms with Gasteiger partial charge in [-0.2, -0.15) is 5.26 Å². The Balaban J connectivity index is 1.45. The summed E-state index contributed by atoms with van der Waals surface area (Å²) in [5.74, 6) is -0.827. The van der Waals surface area contributed by atoms with E-state index in [1.165, 1.54) is 13.0 Å². The van der Waals surface area contributed by atoms with E-state index in [1.807, 2.05) is 6.08 Å². The molecule has 9 atom stereocenters. The number of hydrogen-bond donors (Lipinski definition) is 2. The molecule has 4 saturated carbocycles. The lowest BCUT2D eigenvalue weighted by Crippen LogP contribution is -2.68. The number of fused-ring (bicyclic) bond motifs is 5. The van der Waals surface area contributed by atoms with E-state index >= 15 is 0 Å². The zero-order valence-electron chi connectivity index (χ0n) is 18.9. The first kappa shape index (κ1) is 21.9. The molecular weight excluding hydrogens is 410 g/mol. The van der Waals surface area contributed by atoms with E-state index in [9.17, 15) is 25.1 Å². The lowest BCUT2D eigenvalue weighted by atomic mass is 9.41. The summed E-state index contributed by atoms with van der Waals surface area (Å²) in [6.45, 7) is 3.50. The SMILES string of the molecule is CC(=O)O[C@H]1CC[C@]2(C#N)[C@H]3CC[C@]4(C)[C@H]([C@@H]5C=CC(=O)O5)CC[C@@]4(O)[C@@H]3CC[C@]2(O)C1. The van der Waals surface area contributed by atoms with Crippen molar-refractivity contribution in [1.82, 2.24) is 0 Å². The van der Waals surface area contributed by atoms with Crippen LogP contribution in [0.5, 0.6) is 0 Å². The molecule has 0 unspecified atom stereocenters. The molecule has 0 aromatic carbocycles. The Kier molecular flexibility index (Phi) is 4.82. The Bertz CT molecular complexity index is 911. The maximum absolute atomic E-state index is 12.2. The summed E-state index contributed by atoms with van der Waals surface area (Å²) in [6.07, 6.45) is 7.86. The number of cyclic esters (lactones) is 1.